The largest absolute Gasteiger partial charge is 0.310 e. The molecule has 2 aliphatic rings. The molecule has 0 amide bonds. The van der Waals surface area contributed by atoms with Gasteiger partial charge >= 0.3 is 0 Å². The highest BCUT2D eigenvalue weighted by Gasteiger charge is 2.42. The van der Waals surface area contributed by atoms with Crippen LogP contribution in [0.1, 0.15) is 49.9 Å². The van der Waals surface area contributed by atoms with Gasteiger partial charge in [0.2, 0.25) is 0 Å². The summed E-state index contributed by atoms with van der Waals surface area (Å²) in [4.78, 5) is 2.55. The second-order valence-electron chi connectivity index (χ2n) is 14.9. The zero-order valence-electron chi connectivity index (χ0n) is 28.8. The van der Waals surface area contributed by atoms with Crippen molar-refractivity contribution in [3.63, 3.8) is 0 Å². The minimum atomic E-state index is -0.157. The molecule has 0 radical (unpaired) electrons. The third-order valence-corrected chi connectivity index (χ3v) is 12.6. The lowest BCUT2D eigenvalue weighted by Crippen LogP contribution is -2.23. The van der Waals surface area contributed by atoms with Crippen molar-refractivity contribution in [3.8, 4) is 33.4 Å². The van der Waals surface area contributed by atoms with Crippen molar-refractivity contribution in [1.82, 2.24) is 0 Å². The van der Waals surface area contributed by atoms with Crippen LogP contribution in [0.3, 0.4) is 0 Å². The van der Waals surface area contributed by atoms with Crippen LogP contribution in [0.15, 0.2) is 152 Å². The van der Waals surface area contributed by atoms with Gasteiger partial charge in [-0.2, -0.15) is 0 Å². The van der Waals surface area contributed by atoms with E-state index in [0.717, 1.165) is 5.69 Å². The molecule has 1 aromatic heterocycles. The molecule has 8 aromatic rings. The van der Waals surface area contributed by atoms with E-state index in [-0.39, 0.29) is 10.8 Å². The molecular weight excluding hydrogens is 623 g/mol. The molecule has 0 atom stereocenters. The van der Waals surface area contributed by atoms with Crippen molar-refractivity contribution in [2.45, 2.75) is 38.5 Å². The topological polar surface area (TPSA) is 3.24 Å². The maximum atomic E-state index is 2.55. The van der Waals surface area contributed by atoms with E-state index in [1.165, 1.54) is 87.2 Å². The zero-order chi connectivity index (χ0) is 33.8. The molecule has 0 unspecified atom stereocenters. The quantitative estimate of drug-likeness (QED) is 0.182. The number of rotatable bonds is 4. The van der Waals surface area contributed by atoms with Crippen molar-refractivity contribution in [1.29, 1.82) is 0 Å². The summed E-state index contributed by atoms with van der Waals surface area (Å²) in [7, 11) is 0. The Morgan fingerprint density at radius 3 is 1.54 bits per heavy atom. The minimum Gasteiger partial charge on any atom is -0.310 e. The van der Waals surface area contributed by atoms with Gasteiger partial charge in [0.1, 0.15) is 0 Å². The lowest BCUT2D eigenvalue weighted by molar-refractivity contribution is 0.656. The first kappa shape index (κ1) is 29.5. The molecule has 0 saturated carbocycles. The Kier molecular flexibility index (Phi) is 6.21. The van der Waals surface area contributed by atoms with E-state index in [1.807, 2.05) is 11.3 Å². The number of hydrogen-bond acceptors (Lipinski definition) is 2. The van der Waals surface area contributed by atoms with Crippen molar-refractivity contribution < 1.29 is 0 Å². The Balaban J connectivity index is 1.18. The summed E-state index contributed by atoms with van der Waals surface area (Å²) in [6, 6.07) is 56.7. The fraction of sp³-hybridized carbons (Fsp3) is 0.125. The molecule has 0 bridgehead atoms. The number of fused-ring (bicyclic) bond motifs is 9. The van der Waals surface area contributed by atoms with E-state index in [1.54, 1.807) is 0 Å². The van der Waals surface area contributed by atoms with Gasteiger partial charge in [-0.1, -0.05) is 137 Å². The highest BCUT2D eigenvalue weighted by Crippen LogP contribution is 2.58. The summed E-state index contributed by atoms with van der Waals surface area (Å²) in [6.07, 6.45) is 0. The molecule has 0 N–H and O–H groups in total. The lowest BCUT2D eigenvalue weighted by Gasteiger charge is -2.35. The average molecular weight is 660 g/mol. The normalized spacial score (nSPS) is 14.7. The molecule has 0 spiro atoms. The molecule has 1 heterocycles. The molecule has 1 nitrogen and oxygen atoms in total. The lowest BCUT2D eigenvalue weighted by atomic mass is 9.80. The van der Waals surface area contributed by atoms with Crippen LogP contribution in [0.2, 0.25) is 0 Å². The Morgan fingerprint density at radius 2 is 0.920 bits per heavy atom. The molecule has 0 aliphatic heterocycles. The third-order valence-electron chi connectivity index (χ3n) is 11.4. The monoisotopic (exact) mass is 659 g/mol. The Bertz CT molecular complexity index is 2550. The number of anilines is 3. The molecule has 0 fully saturated rings. The predicted octanol–water partition coefficient (Wildman–Crippen LogP) is 13.8. The van der Waals surface area contributed by atoms with Crippen molar-refractivity contribution in [2.75, 3.05) is 4.90 Å². The van der Waals surface area contributed by atoms with Gasteiger partial charge in [0.15, 0.2) is 0 Å². The Hall–Kier alpha value is -5.44. The van der Waals surface area contributed by atoms with Crippen molar-refractivity contribution >= 4 is 48.6 Å². The van der Waals surface area contributed by atoms with Crippen LogP contribution >= 0.6 is 11.3 Å². The molecular formula is C48H37NS. The minimum absolute atomic E-state index is 0.157. The maximum Gasteiger partial charge on any atom is 0.0508 e. The first-order valence-corrected chi connectivity index (χ1v) is 18.4. The predicted molar refractivity (Wildman–Crippen MR) is 215 cm³/mol. The van der Waals surface area contributed by atoms with Crippen LogP contribution in [0, 0.1) is 0 Å². The van der Waals surface area contributed by atoms with E-state index < -0.39 is 0 Å². The Labute approximate surface area is 298 Å². The van der Waals surface area contributed by atoms with Gasteiger partial charge in [-0.25, -0.2) is 0 Å². The number of benzene rings is 7. The zero-order valence-corrected chi connectivity index (χ0v) is 29.6. The highest BCUT2D eigenvalue weighted by molar-refractivity contribution is 7.25. The van der Waals surface area contributed by atoms with Gasteiger partial charge in [0.25, 0.3) is 0 Å². The molecule has 50 heavy (non-hydrogen) atoms. The van der Waals surface area contributed by atoms with Crippen LogP contribution < -0.4 is 4.90 Å². The van der Waals surface area contributed by atoms with E-state index in [2.05, 4.69) is 184 Å². The second-order valence-corrected chi connectivity index (χ2v) is 16.0. The summed E-state index contributed by atoms with van der Waals surface area (Å²) in [5.41, 5.74) is 16.7. The molecule has 0 saturated heterocycles. The molecule has 7 aromatic carbocycles. The first-order chi connectivity index (χ1) is 24.3. The van der Waals surface area contributed by atoms with E-state index in [9.17, 15) is 0 Å². The first-order valence-electron chi connectivity index (χ1n) is 17.6. The summed E-state index contributed by atoms with van der Waals surface area (Å²) in [5.74, 6) is 0. The third kappa shape index (κ3) is 4.06. The fourth-order valence-electron chi connectivity index (χ4n) is 9.13. The highest BCUT2D eigenvalue weighted by atomic mass is 32.1. The van der Waals surface area contributed by atoms with E-state index >= 15 is 0 Å². The van der Waals surface area contributed by atoms with Gasteiger partial charge in [-0.3, -0.25) is 0 Å². The summed E-state index contributed by atoms with van der Waals surface area (Å²) >= 11 is 1.87. The summed E-state index contributed by atoms with van der Waals surface area (Å²) < 4.78 is 2.67. The van der Waals surface area contributed by atoms with E-state index in [4.69, 9.17) is 0 Å². The standard InChI is InChI=1S/C48H37NS/c1-47(2)39-18-8-5-13-33(39)36-16-11-20-41(45(36)47)49(42-21-12-17-37-34-14-6-9-19-40(34)48(3,4)46(37)42)32-26-23-30(24-27-32)31-25-28-44-38(29-31)35-15-7-10-22-43(35)50-44/h5-29H,1-4H3. The number of hydrogen-bond donors (Lipinski definition) is 0. The number of thiophene rings is 1. The van der Waals surface area contributed by atoms with Gasteiger partial charge in [0, 0.05) is 36.7 Å². The van der Waals surface area contributed by atoms with Gasteiger partial charge in [0.05, 0.1) is 11.4 Å². The molecule has 2 heteroatoms. The molecule has 2 aliphatic carbocycles. The Morgan fingerprint density at radius 1 is 0.420 bits per heavy atom. The van der Waals surface area contributed by atoms with Crippen LogP contribution in [0.4, 0.5) is 17.1 Å². The SMILES string of the molecule is CC1(C)c2ccccc2-c2cccc(N(c3ccc(-c4ccc5sc6ccccc6c5c4)cc3)c3cccc4c3C(C)(C)c3ccccc3-4)c21. The summed E-state index contributed by atoms with van der Waals surface area (Å²) in [5, 5.41) is 2.66. The number of nitrogens with zero attached hydrogens (tertiary/aromatic N) is 1. The van der Waals surface area contributed by atoms with Gasteiger partial charge < -0.3 is 4.90 Å². The van der Waals surface area contributed by atoms with Crippen LogP contribution in [-0.4, -0.2) is 0 Å². The fourth-order valence-corrected chi connectivity index (χ4v) is 10.2. The smallest absolute Gasteiger partial charge is 0.0508 e. The van der Waals surface area contributed by atoms with Crippen LogP contribution in [0.5, 0.6) is 0 Å². The van der Waals surface area contributed by atoms with Gasteiger partial charge in [-0.15, -0.1) is 11.3 Å². The molecule has 240 valence electrons. The average Bonchev–Trinajstić information content (AvgIpc) is 3.72. The molecule has 10 rings (SSSR count). The summed E-state index contributed by atoms with van der Waals surface area (Å²) in [6.45, 7) is 9.56. The van der Waals surface area contributed by atoms with Crippen LogP contribution in [-0.2, 0) is 10.8 Å². The van der Waals surface area contributed by atoms with E-state index in [0.29, 0.717) is 0 Å². The maximum absolute atomic E-state index is 2.55. The van der Waals surface area contributed by atoms with Gasteiger partial charge in [-0.05, 0) is 98.1 Å². The van der Waals surface area contributed by atoms with Crippen LogP contribution in [0.25, 0.3) is 53.6 Å². The van der Waals surface area contributed by atoms with Crippen molar-refractivity contribution in [3.05, 3.63) is 174 Å². The second kappa shape index (κ2) is 10.5. The van der Waals surface area contributed by atoms with Crippen molar-refractivity contribution in [2.24, 2.45) is 0 Å².